The fourth-order valence-corrected chi connectivity index (χ4v) is 2.37. The summed E-state index contributed by atoms with van der Waals surface area (Å²) in [6.07, 6.45) is 5.71. The van der Waals surface area contributed by atoms with Crippen LogP contribution >= 0.6 is 8.58 Å². The average Bonchev–Trinajstić information content (AvgIpc) is 2.93. The zero-order valence-electron chi connectivity index (χ0n) is 10.9. The Kier molecular flexibility index (Phi) is 5.59. The van der Waals surface area contributed by atoms with Crippen molar-refractivity contribution in [1.29, 1.82) is 0 Å². The number of hydrogen-bond donors (Lipinski definition) is 0. The molecule has 0 fully saturated rings. The minimum atomic E-state index is 1.10. The molecule has 2 aromatic rings. The quantitative estimate of drug-likeness (QED) is 0.696. The second-order valence-corrected chi connectivity index (χ2v) is 4.39. The number of allylic oxidation sites excluding steroid dienone is 1. The van der Waals surface area contributed by atoms with Crippen molar-refractivity contribution in [2.24, 2.45) is 0 Å². The molecule has 0 aromatic heterocycles. The Balaban J connectivity index is 0.000000637. The Bertz CT molecular complexity index is 573. The van der Waals surface area contributed by atoms with Crippen molar-refractivity contribution in [3.63, 3.8) is 0 Å². The van der Waals surface area contributed by atoms with Crippen LogP contribution in [0.5, 0.6) is 0 Å². The van der Waals surface area contributed by atoms with Gasteiger partial charge < -0.3 is 0 Å². The Labute approximate surface area is 133 Å². The zero-order valence-corrected chi connectivity index (χ0v) is 13.5. The predicted molar refractivity (Wildman–Crippen MR) is 79.4 cm³/mol. The molecule has 2 heteroatoms. The van der Waals surface area contributed by atoms with Gasteiger partial charge in [-0.2, -0.15) is 0 Å². The fourth-order valence-electron chi connectivity index (χ4n) is 2.37. The van der Waals surface area contributed by atoms with Gasteiger partial charge in [0, 0.05) is 6.42 Å². The van der Waals surface area contributed by atoms with Gasteiger partial charge >= 0.3 is 31.8 Å². The third-order valence-corrected chi connectivity index (χ3v) is 3.30. The summed E-state index contributed by atoms with van der Waals surface area (Å²) >= 11 is 1.16. The zero-order chi connectivity index (χ0) is 13.7. The van der Waals surface area contributed by atoms with Crippen molar-refractivity contribution in [3.05, 3.63) is 71.7 Å². The van der Waals surface area contributed by atoms with E-state index in [-0.39, 0.29) is 0 Å². The SMILES string of the molecule is CCC1=Cc2c(cccc2-c2ccccc2)[CH]1.[Cl][Sc]. The molecule has 0 nitrogen and oxygen atoms in total. The van der Waals surface area contributed by atoms with Crippen LogP contribution in [0, 0.1) is 6.42 Å². The molecular weight excluding hydrogens is 285 g/mol. The summed E-state index contributed by atoms with van der Waals surface area (Å²) in [5.74, 6) is 0. The molecule has 0 aliphatic heterocycles. The summed E-state index contributed by atoms with van der Waals surface area (Å²) in [4.78, 5) is 0. The van der Waals surface area contributed by atoms with Crippen molar-refractivity contribution in [2.75, 3.05) is 0 Å². The molecule has 0 atom stereocenters. The van der Waals surface area contributed by atoms with E-state index in [0.717, 1.165) is 29.6 Å². The van der Waals surface area contributed by atoms with Crippen LogP contribution in [0.3, 0.4) is 0 Å². The molecule has 1 aliphatic rings. The molecule has 93 valence electrons. The summed E-state index contributed by atoms with van der Waals surface area (Å²) in [6.45, 7) is 2.20. The van der Waals surface area contributed by atoms with Crippen molar-refractivity contribution in [1.82, 2.24) is 0 Å². The van der Waals surface area contributed by atoms with Crippen LogP contribution in [0.4, 0.5) is 0 Å². The van der Waals surface area contributed by atoms with Crippen LogP contribution < -0.4 is 0 Å². The van der Waals surface area contributed by atoms with Crippen LogP contribution in [-0.2, 0) is 23.2 Å². The molecule has 0 heterocycles. The first kappa shape index (κ1) is 14.7. The van der Waals surface area contributed by atoms with Crippen LogP contribution in [0.2, 0.25) is 0 Å². The third-order valence-electron chi connectivity index (χ3n) is 3.30. The van der Waals surface area contributed by atoms with E-state index in [9.17, 15) is 0 Å². The van der Waals surface area contributed by atoms with Gasteiger partial charge in [-0.25, -0.2) is 0 Å². The van der Waals surface area contributed by atoms with Crippen molar-refractivity contribution >= 4 is 14.7 Å². The van der Waals surface area contributed by atoms with Crippen LogP contribution in [0.1, 0.15) is 24.5 Å². The standard InChI is InChI=1S/C17H15.ClH.Sc/c1-2-13-11-15-9-6-10-16(17(15)12-13)14-7-4-3-5-8-14;;/h3-12H,2H2,1H3;1H;/q;;+1/p-1. The van der Waals surface area contributed by atoms with Crippen molar-refractivity contribution in [2.45, 2.75) is 13.3 Å². The fraction of sp³-hybridized carbons (Fsp3) is 0.118. The number of halogens is 1. The Hall–Kier alpha value is -0.660. The molecule has 0 saturated heterocycles. The Morgan fingerprint density at radius 3 is 2.37 bits per heavy atom. The molecule has 19 heavy (non-hydrogen) atoms. The summed E-state index contributed by atoms with van der Waals surface area (Å²) in [6, 6.07) is 17.1. The van der Waals surface area contributed by atoms with E-state index in [1.165, 1.54) is 27.8 Å². The van der Waals surface area contributed by atoms with Gasteiger partial charge in [0.2, 0.25) is 0 Å². The van der Waals surface area contributed by atoms with E-state index >= 15 is 0 Å². The average molecular weight is 300 g/mol. The predicted octanol–water partition coefficient (Wildman–Crippen LogP) is 5.40. The van der Waals surface area contributed by atoms with Gasteiger partial charge in [-0.05, 0) is 28.7 Å². The van der Waals surface area contributed by atoms with Gasteiger partial charge in [-0.15, -0.1) is 0 Å². The van der Waals surface area contributed by atoms with Crippen molar-refractivity contribution in [3.8, 4) is 11.1 Å². The van der Waals surface area contributed by atoms with Gasteiger partial charge in [0.25, 0.3) is 0 Å². The monoisotopic (exact) mass is 299 g/mol. The molecule has 0 spiro atoms. The summed E-state index contributed by atoms with van der Waals surface area (Å²) < 4.78 is 0. The van der Waals surface area contributed by atoms with E-state index in [1.807, 2.05) is 0 Å². The summed E-state index contributed by atoms with van der Waals surface area (Å²) in [5, 5.41) is 0. The molecule has 1 aliphatic carbocycles. The maximum atomic E-state index is 4.70. The van der Waals surface area contributed by atoms with Crippen LogP contribution in [0.15, 0.2) is 54.1 Å². The van der Waals surface area contributed by atoms with E-state index in [0.29, 0.717) is 0 Å². The van der Waals surface area contributed by atoms with Gasteiger partial charge in [-0.3, -0.25) is 0 Å². The molecular formula is C17H15ClSc. The van der Waals surface area contributed by atoms with E-state index < -0.39 is 0 Å². The van der Waals surface area contributed by atoms with Gasteiger partial charge in [0.1, 0.15) is 0 Å². The van der Waals surface area contributed by atoms with Crippen LogP contribution in [0.25, 0.3) is 17.2 Å². The number of rotatable bonds is 2. The van der Waals surface area contributed by atoms with E-state index in [1.54, 1.807) is 0 Å². The molecule has 2 aromatic carbocycles. The van der Waals surface area contributed by atoms with Gasteiger partial charge in [0.05, 0.1) is 0 Å². The van der Waals surface area contributed by atoms with E-state index in [4.69, 9.17) is 8.58 Å². The topological polar surface area (TPSA) is 0 Å². The van der Waals surface area contributed by atoms with E-state index in [2.05, 4.69) is 68.0 Å². The summed E-state index contributed by atoms with van der Waals surface area (Å²) in [5.41, 5.74) is 6.77. The van der Waals surface area contributed by atoms with Gasteiger partial charge in [-0.1, -0.05) is 67.1 Å². The maximum absolute atomic E-state index is 4.70. The minimum absolute atomic E-state index is 1.10. The number of fused-ring (bicyclic) bond motifs is 1. The number of hydrogen-bond acceptors (Lipinski definition) is 0. The normalized spacial score (nSPS) is 12.2. The number of benzene rings is 2. The molecule has 0 bridgehead atoms. The van der Waals surface area contributed by atoms with Gasteiger partial charge in [0.15, 0.2) is 0 Å². The molecule has 0 saturated carbocycles. The molecule has 0 amide bonds. The van der Waals surface area contributed by atoms with Crippen molar-refractivity contribution < 1.29 is 23.2 Å². The molecule has 1 radical (unpaired) electrons. The molecule has 3 rings (SSSR count). The third kappa shape index (κ3) is 3.27. The Morgan fingerprint density at radius 1 is 0.947 bits per heavy atom. The second-order valence-electron chi connectivity index (χ2n) is 4.39. The summed E-state index contributed by atoms with van der Waals surface area (Å²) in [7, 11) is 4.70. The molecule has 0 N–H and O–H groups in total. The molecule has 0 unspecified atom stereocenters. The first-order chi connectivity index (χ1) is 9.38. The first-order valence-corrected chi connectivity index (χ1v) is 8.82. The Morgan fingerprint density at radius 2 is 1.68 bits per heavy atom. The first-order valence-electron chi connectivity index (χ1n) is 6.34. The van der Waals surface area contributed by atoms with Crippen LogP contribution in [-0.4, -0.2) is 0 Å². The second kappa shape index (κ2) is 7.21.